The third-order valence-corrected chi connectivity index (χ3v) is 1.02. The molecule has 0 bridgehead atoms. The van der Waals surface area contributed by atoms with E-state index in [1.165, 1.54) is 0 Å². The highest BCUT2D eigenvalue weighted by molar-refractivity contribution is 7.80. The van der Waals surface area contributed by atoms with Gasteiger partial charge in [-0.1, -0.05) is 30.3 Å². The molecule has 0 unspecified atom stereocenters. The molecule has 7 heavy (non-hydrogen) atoms. The van der Waals surface area contributed by atoms with Gasteiger partial charge in [-0.05, 0) is 4.90 Å². The van der Waals surface area contributed by atoms with Gasteiger partial charge in [0.25, 0.3) is 0 Å². The van der Waals surface area contributed by atoms with E-state index in [4.69, 9.17) is 3.37 Å². The van der Waals surface area contributed by atoms with E-state index in [9.17, 15) is 0 Å². The van der Waals surface area contributed by atoms with Crippen LogP contribution in [0.4, 0.5) is 0 Å². The molecule has 0 amide bonds. The minimum Gasteiger partial charge on any atom is -0.252 e. The normalized spacial score (nSPS) is 19.1. The molecule has 1 aromatic carbocycles. The molecular formula is C6H8S. The van der Waals surface area contributed by atoms with Crippen LogP contribution in [-0.4, -0.2) is 3.37 Å². The molecule has 0 saturated heterocycles. The van der Waals surface area contributed by atoms with E-state index in [0.29, 0.717) is 4.90 Å². The molecule has 0 aliphatic rings. The summed E-state index contributed by atoms with van der Waals surface area (Å²) in [6.45, 7) is 0. The number of benzene rings is 1. The summed E-state index contributed by atoms with van der Waals surface area (Å²) in [5, 5.41) is 0. The van der Waals surface area contributed by atoms with Gasteiger partial charge in [0, 0.05) is 0 Å². The molecule has 0 heterocycles. The van der Waals surface area contributed by atoms with Crippen LogP contribution < -0.4 is 0 Å². The third-order valence-electron chi connectivity index (χ3n) is 0.743. The molecule has 0 aromatic heterocycles. The molecule has 0 N–H and O–H groups in total. The van der Waals surface area contributed by atoms with Crippen LogP contribution >= 0.6 is 12.3 Å². The molecule has 0 nitrogen and oxygen atoms in total. The van der Waals surface area contributed by atoms with Gasteiger partial charge in [-0.2, -0.15) is 0 Å². The van der Waals surface area contributed by atoms with Crippen LogP contribution in [0.3, 0.4) is 0 Å². The lowest BCUT2D eigenvalue weighted by atomic mass is 10.4. The Morgan fingerprint density at radius 3 is 2.43 bits per heavy atom. The topological polar surface area (TPSA) is 0 Å². The first-order chi connectivity index (χ1) is 4.61. The van der Waals surface area contributed by atoms with Gasteiger partial charge in [-0.3, -0.25) is 12.3 Å². The summed E-state index contributed by atoms with van der Waals surface area (Å²) in [6.07, 6.45) is 0. The highest BCUT2D eigenvalue weighted by atomic mass is 32.1. The minimum atomic E-state index is -2.75. The SMILES string of the molecule is [2H]S([2H])([2H])c1ccccc1. The van der Waals surface area contributed by atoms with Crippen LogP contribution in [0.1, 0.15) is 0 Å². The predicted octanol–water partition coefficient (Wildman–Crippen LogP) is 1.44. The summed E-state index contributed by atoms with van der Waals surface area (Å²) in [7, 11) is 0. The van der Waals surface area contributed by atoms with E-state index < -0.39 is 12.3 Å². The predicted molar refractivity (Wildman–Crippen MR) is 36.5 cm³/mol. The van der Waals surface area contributed by atoms with Crippen LogP contribution in [0.5, 0.6) is 0 Å². The molecule has 0 saturated carbocycles. The maximum Gasteiger partial charge on any atom is 0.0808 e. The van der Waals surface area contributed by atoms with E-state index in [0.717, 1.165) is 0 Å². The Kier molecular flexibility index (Phi) is 0.645. The molecule has 0 aliphatic heterocycles. The van der Waals surface area contributed by atoms with Crippen molar-refractivity contribution in [2.75, 3.05) is 0 Å². The smallest absolute Gasteiger partial charge is 0.0808 e. The van der Waals surface area contributed by atoms with Gasteiger partial charge in [0.1, 0.15) is 0 Å². The van der Waals surface area contributed by atoms with Crippen LogP contribution in [0.25, 0.3) is 0 Å². The van der Waals surface area contributed by atoms with Crippen LogP contribution in [0, 0.1) is 0 Å². The van der Waals surface area contributed by atoms with E-state index >= 15 is 0 Å². The first-order valence-corrected chi connectivity index (χ1v) is 2.52. The highest BCUT2D eigenvalue weighted by Gasteiger charge is 1.71. The molecular weight excluding hydrogens is 104 g/mol. The average molecular weight is 115 g/mol. The zero-order chi connectivity index (χ0) is 7.61. The van der Waals surface area contributed by atoms with Crippen molar-refractivity contribution in [3.05, 3.63) is 30.3 Å². The van der Waals surface area contributed by atoms with Crippen molar-refractivity contribution in [2.24, 2.45) is 0 Å². The Hall–Kier alpha value is -0.430. The molecule has 0 spiro atoms. The van der Waals surface area contributed by atoms with Crippen molar-refractivity contribution in [1.29, 1.82) is 3.37 Å². The minimum absolute atomic E-state index is 0.481. The van der Waals surface area contributed by atoms with E-state index in [-0.39, 0.29) is 0 Å². The van der Waals surface area contributed by atoms with Gasteiger partial charge < -0.3 is 0 Å². The fraction of sp³-hybridized carbons (Fsp3) is 0. The Balaban J connectivity index is 2.97. The van der Waals surface area contributed by atoms with E-state index in [1.54, 1.807) is 24.3 Å². The molecule has 1 heteroatoms. The van der Waals surface area contributed by atoms with Gasteiger partial charge in [0.05, 0.1) is 3.37 Å². The van der Waals surface area contributed by atoms with Crippen molar-refractivity contribution in [1.82, 2.24) is 0 Å². The Morgan fingerprint density at radius 2 is 2.00 bits per heavy atom. The molecule has 1 aromatic rings. The largest absolute Gasteiger partial charge is 0.252 e. The molecule has 38 valence electrons. The van der Waals surface area contributed by atoms with Crippen molar-refractivity contribution < 1.29 is 0 Å². The van der Waals surface area contributed by atoms with Gasteiger partial charge in [0.2, 0.25) is 0 Å². The standard InChI is InChI=1S/C6H8S/c7-6-4-2-1-3-5-6/h1-5H,7H3/i7D3. The van der Waals surface area contributed by atoms with Gasteiger partial charge in [-0.15, -0.1) is 0 Å². The third kappa shape index (κ3) is 1.24. The van der Waals surface area contributed by atoms with Crippen LogP contribution in [0.2, 0.25) is 0 Å². The van der Waals surface area contributed by atoms with Crippen molar-refractivity contribution in [3.63, 3.8) is 0 Å². The second-order valence-corrected chi connectivity index (χ2v) is 1.78. The molecule has 1 rings (SSSR count). The summed E-state index contributed by atoms with van der Waals surface area (Å²) < 4.78 is 21.3. The Labute approximate surface area is 51.8 Å². The first-order valence-electron chi connectivity index (χ1n) is 3.34. The summed E-state index contributed by atoms with van der Waals surface area (Å²) >= 11 is -2.75. The lowest BCUT2D eigenvalue weighted by Crippen LogP contribution is -1.56. The Bertz CT molecular complexity index is 204. The lowest BCUT2D eigenvalue weighted by molar-refractivity contribution is 1.48. The van der Waals surface area contributed by atoms with Crippen LogP contribution in [0.15, 0.2) is 35.2 Å². The summed E-state index contributed by atoms with van der Waals surface area (Å²) in [6, 6.07) is 8.59. The fourth-order valence-corrected chi connectivity index (χ4v) is 0.578. The number of hydrogen-bond acceptors (Lipinski definition) is 0. The average Bonchev–Trinajstić information content (AvgIpc) is 1.88. The zero-order valence-corrected chi connectivity index (χ0v) is 4.61. The first kappa shape index (κ1) is 2.23. The van der Waals surface area contributed by atoms with Gasteiger partial charge in [-0.25, -0.2) is 0 Å². The van der Waals surface area contributed by atoms with Crippen molar-refractivity contribution in [2.45, 2.75) is 4.90 Å². The monoisotopic (exact) mass is 115 g/mol. The lowest BCUT2D eigenvalue weighted by Gasteiger charge is -1.83. The maximum atomic E-state index is 7.09. The van der Waals surface area contributed by atoms with E-state index in [1.807, 2.05) is 6.07 Å². The van der Waals surface area contributed by atoms with Gasteiger partial charge >= 0.3 is 0 Å². The summed E-state index contributed by atoms with van der Waals surface area (Å²) in [4.78, 5) is 0.481. The van der Waals surface area contributed by atoms with Crippen molar-refractivity contribution >= 4 is 12.3 Å². The second-order valence-electron chi connectivity index (χ2n) is 1.31. The number of rotatable bonds is 1. The van der Waals surface area contributed by atoms with Crippen LogP contribution in [-0.2, 0) is 0 Å². The quantitative estimate of drug-likeness (QED) is 0.519. The zero-order valence-electron chi connectivity index (χ0n) is 6.79. The van der Waals surface area contributed by atoms with E-state index in [2.05, 4.69) is 0 Å². The number of hydrogen-bond donors (Lipinski definition) is 0. The molecule has 0 radical (unpaired) electrons. The van der Waals surface area contributed by atoms with Gasteiger partial charge in [0.15, 0.2) is 0 Å². The maximum absolute atomic E-state index is 7.09. The summed E-state index contributed by atoms with van der Waals surface area (Å²) in [5.74, 6) is 0. The summed E-state index contributed by atoms with van der Waals surface area (Å²) in [5.41, 5.74) is 0. The fourth-order valence-electron chi connectivity index (χ4n) is 0.420. The second kappa shape index (κ2) is 2.03. The highest BCUT2D eigenvalue weighted by Crippen LogP contribution is 2.00. The van der Waals surface area contributed by atoms with Crippen molar-refractivity contribution in [3.8, 4) is 0 Å². The molecule has 0 aliphatic carbocycles. The Morgan fingerprint density at radius 1 is 1.29 bits per heavy atom. The molecule has 0 atom stereocenters. The molecule has 0 fully saturated rings.